The summed E-state index contributed by atoms with van der Waals surface area (Å²) in [6.45, 7) is 5.69. The summed E-state index contributed by atoms with van der Waals surface area (Å²) >= 11 is 0. The molecule has 0 radical (unpaired) electrons. The van der Waals surface area contributed by atoms with Crippen LogP contribution in [0.4, 0.5) is 9.18 Å². The first-order chi connectivity index (χ1) is 7.72. The van der Waals surface area contributed by atoms with Crippen molar-refractivity contribution in [3.8, 4) is 0 Å². The molecule has 1 fully saturated rings. The maximum Gasteiger partial charge on any atom is 0.407 e. The number of ether oxygens (including phenoxy) is 1. The van der Waals surface area contributed by atoms with E-state index >= 15 is 0 Å². The molecule has 1 atom stereocenters. The third kappa shape index (κ3) is 8.50. The van der Waals surface area contributed by atoms with E-state index in [1.807, 2.05) is 20.8 Å². The van der Waals surface area contributed by atoms with E-state index in [-0.39, 0.29) is 19.1 Å². The SMILES string of the molecule is CC.CC(CC1CC1)NC(=O)OCCCF. The van der Waals surface area contributed by atoms with Crippen LogP contribution in [-0.2, 0) is 4.74 Å². The van der Waals surface area contributed by atoms with Gasteiger partial charge in [0.2, 0.25) is 0 Å². The van der Waals surface area contributed by atoms with Gasteiger partial charge >= 0.3 is 6.09 Å². The van der Waals surface area contributed by atoms with Gasteiger partial charge in [0.15, 0.2) is 0 Å². The average Bonchev–Trinajstić information content (AvgIpc) is 3.05. The molecule has 0 aromatic rings. The van der Waals surface area contributed by atoms with Crippen molar-refractivity contribution in [1.82, 2.24) is 5.32 Å². The van der Waals surface area contributed by atoms with Crippen LogP contribution in [0.1, 0.15) is 46.5 Å². The van der Waals surface area contributed by atoms with Crippen LogP contribution >= 0.6 is 0 Å². The standard InChI is InChI=1S/C10H18FNO2.C2H6/c1-8(7-9-3-4-9)12-10(13)14-6-2-5-11;1-2/h8-9H,2-7H2,1H3,(H,12,13);1-2H3. The normalized spacial score (nSPS) is 15.8. The molecule has 4 heteroatoms. The minimum atomic E-state index is -0.440. The summed E-state index contributed by atoms with van der Waals surface area (Å²) in [5.74, 6) is 0.788. The number of carbonyl (C=O) groups is 1. The maximum absolute atomic E-state index is 11.7. The Morgan fingerprint density at radius 2 is 2.12 bits per heavy atom. The molecule has 3 nitrogen and oxygen atoms in total. The molecule has 0 spiro atoms. The summed E-state index contributed by atoms with van der Waals surface area (Å²) in [5.41, 5.74) is 0. The number of rotatable bonds is 6. The first kappa shape index (κ1) is 15.2. The van der Waals surface area contributed by atoms with Crippen LogP contribution in [0.5, 0.6) is 0 Å². The zero-order chi connectivity index (χ0) is 12.4. The van der Waals surface area contributed by atoms with Gasteiger partial charge in [0.25, 0.3) is 0 Å². The van der Waals surface area contributed by atoms with Crippen LogP contribution in [0.2, 0.25) is 0 Å². The third-order valence-electron chi connectivity index (χ3n) is 2.26. The molecule has 0 bridgehead atoms. The molecule has 0 aliphatic heterocycles. The summed E-state index contributed by atoms with van der Waals surface area (Å²) in [4.78, 5) is 11.1. The largest absolute Gasteiger partial charge is 0.449 e. The Morgan fingerprint density at radius 3 is 2.62 bits per heavy atom. The molecule has 1 unspecified atom stereocenters. The van der Waals surface area contributed by atoms with Crippen molar-refractivity contribution in [1.29, 1.82) is 0 Å². The van der Waals surface area contributed by atoms with Crippen molar-refractivity contribution < 1.29 is 13.9 Å². The highest BCUT2D eigenvalue weighted by Gasteiger charge is 2.24. The lowest BCUT2D eigenvalue weighted by Crippen LogP contribution is -2.33. The van der Waals surface area contributed by atoms with Crippen LogP contribution in [0.3, 0.4) is 0 Å². The zero-order valence-electron chi connectivity index (χ0n) is 10.6. The van der Waals surface area contributed by atoms with Gasteiger partial charge in [-0.05, 0) is 19.3 Å². The van der Waals surface area contributed by atoms with Crippen molar-refractivity contribution >= 4 is 6.09 Å². The summed E-state index contributed by atoms with van der Waals surface area (Å²) in [6, 6.07) is 0.167. The van der Waals surface area contributed by atoms with E-state index < -0.39 is 12.8 Å². The van der Waals surface area contributed by atoms with Crippen LogP contribution in [-0.4, -0.2) is 25.4 Å². The van der Waals surface area contributed by atoms with Gasteiger partial charge in [0.05, 0.1) is 13.3 Å². The fraction of sp³-hybridized carbons (Fsp3) is 0.917. The van der Waals surface area contributed by atoms with Gasteiger partial charge in [0.1, 0.15) is 0 Å². The molecule has 1 aliphatic rings. The van der Waals surface area contributed by atoms with Crippen LogP contribution in [0.25, 0.3) is 0 Å². The monoisotopic (exact) mass is 233 g/mol. The summed E-state index contributed by atoms with van der Waals surface area (Å²) < 4.78 is 16.4. The molecule has 96 valence electrons. The van der Waals surface area contributed by atoms with Crippen LogP contribution in [0, 0.1) is 5.92 Å². The van der Waals surface area contributed by atoms with Gasteiger partial charge in [-0.1, -0.05) is 26.7 Å². The van der Waals surface area contributed by atoms with E-state index in [1.54, 1.807) is 0 Å². The Kier molecular flexibility index (Phi) is 8.96. The molecule has 0 aromatic carbocycles. The summed E-state index contributed by atoms with van der Waals surface area (Å²) in [7, 11) is 0. The Bertz CT molecular complexity index is 184. The molecule has 0 aromatic heterocycles. The number of alkyl carbamates (subject to hydrolysis) is 1. The van der Waals surface area contributed by atoms with E-state index in [2.05, 4.69) is 5.32 Å². The summed E-state index contributed by atoms with van der Waals surface area (Å²) in [5, 5.41) is 2.73. The quantitative estimate of drug-likeness (QED) is 0.715. The Hall–Kier alpha value is -0.800. The second-order valence-electron chi connectivity index (χ2n) is 3.90. The highest BCUT2D eigenvalue weighted by atomic mass is 19.1. The first-order valence-corrected chi connectivity index (χ1v) is 6.21. The molecular formula is C12H24FNO2. The van der Waals surface area contributed by atoms with Crippen molar-refractivity contribution in [3.05, 3.63) is 0 Å². The van der Waals surface area contributed by atoms with Crippen molar-refractivity contribution in [2.45, 2.75) is 52.5 Å². The molecule has 1 rings (SSSR count). The van der Waals surface area contributed by atoms with Crippen molar-refractivity contribution in [3.63, 3.8) is 0 Å². The third-order valence-corrected chi connectivity index (χ3v) is 2.26. The van der Waals surface area contributed by atoms with Gasteiger partial charge in [0, 0.05) is 12.5 Å². The minimum Gasteiger partial charge on any atom is -0.449 e. The Labute approximate surface area is 97.7 Å². The van der Waals surface area contributed by atoms with E-state index in [9.17, 15) is 9.18 Å². The lowest BCUT2D eigenvalue weighted by molar-refractivity contribution is 0.138. The molecule has 0 heterocycles. The minimum absolute atomic E-state index is 0.165. The van der Waals surface area contributed by atoms with Gasteiger partial charge in [-0.15, -0.1) is 0 Å². The van der Waals surface area contributed by atoms with E-state index in [1.165, 1.54) is 12.8 Å². The van der Waals surface area contributed by atoms with Crippen molar-refractivity contribution in [2.24, 2.45) is 5.92 Å². The van der Waals surface area contributed by atoms with Gasteiger partial charge in [-0.25, -0.2) is 4.79 Å². The highest BCUT2D eigenvalue weighted by molar-refractivity contribution is 5.67. The van der Waals surface area contributed by atoms with Crippen LogP contribution < -0.4 is 5.32 Å². The maximum atomic E-state index is 11.7. The molecule has 1 amide bonds. The molecule has 16 heavy (non-hydrogen) atoms. The van der Waals surface area contributed by atoms with Gasteiger partial charge in [-0.3, -0.25) is 4.39 Å². The van der Waals surface area contributed by atoms with Gasteiger partial charge < -0.3 is 10.1 Å². The van der Waals surface area contributed by atoms with E-state index in [0.717, 1.165) is 12.3 Å². The number of nitrogens with one attached hydrogen (secondary N) is 1. The predicted molar refractivity (Wildman–Crippen MR) is 63.2 cm³/mol. The lowest BCUT2D eigenvalue weighted by atomic mass is 10.2. The number of halogens is 1. The first-order valence-electron chi connectivity index (χ1n) is 6.21. The molecule has 1 N–H and O–H groups in total. The predicted octanol–water partition coefficient (Wildman–Crippen LogP) is 3.29. The highest BCUT2D eigenvalue weighted by Crippen LogP contribution is 2.33. The number of hydrogen-bond acceptors (Lipinski definition) is 2. The fourth-order valence-electron chi connectivity index (χ4n) is 1.37. The second-order valence-corrected chi connectivity index (χ2v) is 3.90. The van der Waals surface area contributed by atoms with Gasteiger partial charge in [-0.2, -0.15) is 0 Å². The Morgan fingerprint density at radius 1 is 1.50 bits per heavy atom. The molecule has 1 aliphatic carbocycles. The topological polar surface area (TPSA) is 38.3 Å². The zero-order valence-corrected chi connectivity index (χ0v) is 10.6. The molecular weight excluding hydrogens is 209 g/mol. The van der Waals surface area contributed by atoms with E-state index in [4.69, 9.17) is 4.74 Å². The number of carbonyl (C=O) groups excluding carboxylic acids is 1. The average molecular weight is 233 g/mol. The van der Waals surface area contributed by atoms with Crippen molar-refractivity contribution in [2.75, 3.05) is 13.3 Å². The molecule has 1 saturated carbocycles. The smallest absolute Gasteiger partial charge is 0.407 e. The second kappa shape index (κ2) is 9.43. The fourth-order valence-corrected chi connectivity index (χ4v) is 1.37. The van der Waals surface area contributed by atoms with E-state index in [0.29, 0.717) is 0 Å². The lowest BCUT2D eigenvalue weighted by Gasteiger charge is -2.12. The number of hydrogen-bond donors (Lipinski definition) is 1. The Balaban J connectivity index is 0.00000106. The summed E-state index contributed by atoms with van der Waals surface area (Å²) in [6.07, 6.45) is 3.45. The number of alkyl halides is 1. The number of amides is 1. The molecule has 0 saturated heterocycles. The van der Waals surface area contributed by atoms with Crippen LogP contribution in [0.15, 0.2) is 0 Å².